The van der Waals surface area contributed by atoms with Gasteiger partial charge in [0.1, 0.15) is 11.5 Å². The van der Waals surface area contributed by atoms with Crippen LogP contribution in [0, 0.1) is 13.8 Å². The summed E-state index contributed by atoms with van der Waals surface area (Å²) in [5.74, 6) is 1.42. The normalized spacial score (nSPS) is 10.6. The number of thiazole rings is 1. The van der Waals surface area contributed by atoms with Crippen molar-refractivity contribution in [3.05, 3.63) is 94.9 Å². The molecule has 4 nitrogen and oxygen atoms in total. The van der Waals surface area contributed by atoms with Crippen molar-refractivity contribution in [1.82, 2.24) is 4.98 Å². The summed E-state index contributed by atoms with van der Waals surface area (Å²) in [6.45, 7) is 3.91. The number of carbonyl (C=O) groups is 1. The van der Waals surface area contributed by atoms with E-state index < -0.39 is 0 Å². The van der Waals surface area contributed by atoms with E-state index in [0.717, 1.165) is 33.9 Å². The molecule has 29 heavy (non-hydrogen) atoms. The van der Waals surface area contributed by atoms with Gasteiger partial charge < -0.3 is 4.74 Å². The Hall–Kier alpha value is -3.44. The number of nitrogens with zero attached hydrogens (tertiary/aromatic N) is 1. The van der Waals surface area contributed by atoms with Gasteiger partial charge in [0.15, 0.2) is 5.13 Å². The lowest BCUT2D eigenvalue weighted by molar-refractivity contribution is 0.102. The standard InChI is InChI=1S/C24H20N2O2S/c1-16-8-9-17(2)21(14-16)23(27)26-24-25-22(15-29-24)18-10-12-20(13-11-18)28-19-6-4-3-5-7-19/h3-15H,1-2H3,(H,25,26,27). The second kappa shape index (κ2) is 8.29. The van der Waals surface area contributed by atoms with Crippen LogP contribution in [0.25, 0.3) is 11.3 Å². The van der Waals surface area contributed by atoms with Crippen molar-refractivity contribution < 1.29 is 9.53 Å². The minimum absolute atomic E-state index is 0.140. The molecule has 0 radical (unpaired) electrons. The van der Waals surface area contributed by atoms with E-state index in [1.807, 2.05) is 92.0 Å². The summed E-state index contributed by atoms with van der Waals surface area (Å²) in [5, 5.41) is 5.42. The summed E-state index contributed by atoms with van der Waals surface area (Å²) in [7, 11) is 0. The molecular weight excluding hydrogens is 380 g/mol. The second-order valence-electron chi connectivity index (χ2n) is 6.75. The molecule has 1 N–H and O–H groups in total. The van der Waals surface area contributed by atoms with Crippen molar-refractivity contribution in [2.24, 2.45) is 0 Å². The zero-order chi connectivity index (χ0) is 20.2. The molecule has 0 fully saturated rings. The van der Waals surface area contributed by atoms with Crippen molar-refractivity contribution in [2.45, 2.75) is 13.8 Å². The Kier molecular flexibility index (Phi) is 5.40. The molecule has 0 spiro atoms. The molecule has 1 aromatic heterocycles. The summed E-state index contributed by atoms with van der Waals surface area (Å²) in [4.78, 5) is 17.1. The number of aryl methyl sites for hydroxylation is 2. The van der Waals surface area contributed by atoms with Crippen LogP contribution in [-0.2, 0) is 0 Å². The van der Waals surface area contributed by atoms with Crippen molar-refractivity contribution in [3.63, 3.8) is 0 Å². The molecule has 0 saturated heterocycles. The zero-order valence-corrected chi connectivity index (χ0v) is 17.0. The Labute approximate surface area is 173 Å². The van der Waals surface area contributed by atoms with Crippen LogP contribution in [0.1, 0.15) is 21.5 Å². The summed E-state index contributed by atoms with van der Waals surface area (Å²) < 4.78 is 5.82. The third-order valence-electron chi connectivity index (χ3n) is 4.49. The summed E-state index contributed by atoms with van der Waals surface area (Å²) in [6.07, 6.45) is 0. The molecule has 0 aliphatic carbocycles. The van der Waals surface area contributed by atoms with E-state index in [2.05, 4.69) is 10.3 Å². The Morgan fingerprint density at radius 1 is 0.931 bits per heavy atom. The molecule has 4 aromatic rings. The number of para-hydroxylation sites is 1. The van der Waals surface area contributed by atoms with Crippen LogP contribution in [0.5, 0.6) is 11.5 Å². The molecule has 3 aromatic carbocycles. The first-order valence-electron chi connectivity index (χ1n) is 9.26. The van der Waals surface area contributed by atoms with E-state index in [-0.39, 0.29) is 5.91 Å². The summed E-state index contributed by atoms with van der Waals surface area (Å²) in [5.41, 5.74) is 4.45. The van der Waals surface area contributed by atoms with Gasteiger partial charge in [0.25, 0.3) is 5.91 Å². The van der Waals surface area contributed by atoms with E-state index in [1.54, 1.807) is 0 Å². The Bertz CT molecular complexity index is 1140. The van der Waals surface area contributed by atoms with Crippen LogP contribution in [-0.4, -0.2) is 10.9 Å². The third kappa shape index (κ3) is 4.52. The minimum Gasteiger partial charge on any atom is -0.457 e. The highest BCUT2D eigenvalue weighted by molar-refractivity contribution is 7.14. The second-order valence-corrected chi connectivity index (χ2v) is 7.61. The first-order valence-corrected chi connectivity index (χ1v) is 10.1. The predicted octanol–water partition coefficient (Wildman–Crippen LogP) is 6.47. The molecule has 0 saturated carbocycles. The maximum absolute atomic E-state index is 12.6. The first kappa shape index (κ1) is 18.9. The van der Waals surface area contributed by atoms with Crippen LogP contribution in [0.15, 0.2) is 78.2 Å². The molecule has 0 bridgehead atoms. The average Bonchev–Trinajstić information content (AvgIpc) is 3.19. The molecular formula is C24H20N2O2S. The van der Waals surface area contributed by atoms with Crippen molar-refractivity contribution in [2.75, 3.05) is 5.32 Å². The fourth-order valence-corrected chi connectivity index (χ4v) is 3.64. The molecule has 4 rings (SSSR count). The Morgan fingerprint density at radius 3 is 2.41 bits per heavy atom. The number of benzene rings is 3. The lowest BCUT2D eigenvalue weighted by Gasteiger charge is -2.07. The molecule has 0 atom stereocenters. The van der Waals surface area contributed by atoms with Gasteiger partial charge in [0, 0.05) is 16.5 Å². The van der Waals surface area contributed by atoms with Gasteiger partial charge in [0.2, 0.25) is 0 Å². The van der Waals surface area contributed by atoms with Gasteiger partial charge in [-0.05, 0) is 61.9 Å². The van der Waals surface area contributed by atoms with E-state index >= 15 is 0 Å². The molecule has 1 heterocycles. The van der Waals surface area contributed by atoms with Crippen LogP contribution in [0.4, 0.5) is 5.13 Å². The van der Waals surface area contributed by atoms with Crippen molar-refractivity contribution in [3.8, 4) is 22.8 Å². The summed E-state index contributed by atoms with van der Waals surface area (Å²) in [6, 6.07) is 23.3. The molecule has 0 aliphatic rings. The highest BCUT2D eigenvalue weighted by Crippen LogP contribution is 2.28. The topological polar surface area (TPSA) is 51.2 Å². The van der Waals surface area contributed by atoms with E-state index in [4.69, 9.17) is 4.74 Å². The molecule has 144 valence electrons. The smallest absolute Gasteiger partial charge is 0.257 e. The number of hydrogen-bond donors (Lipinski definition) is 1. The maximum Gasteiger partial charge on any atom is 0.257 e. The fraction of sp³-hybridized carbons (Fsp3) is 0.0833. The quantitative estimate of drug-likeness (QED) is 0.417. The lowest BCUT2D eigenvalue weighted by Crippen LogP contribution is -2.13. The van der Waals surface area contributed by atoms with Gasteiger partial charge >= 0.3 is 0 Å². The summed E-state index contributed by atoms with van der Waals surface area (Å²) >= 11 is 1.41. The van der Waals surface area contributed by atoms with Gasteiger partial charge in [0.05, 0.1) is 5.69 Å². The Morgan fingerprint density at radius 2 is 1.66 bits per heavy atom. The van der Waals surface area contributed by atoms with Gasteiger partial charge in [-0.2, -0.15) is 0 Å². The number of hydrogen-bond acceptors (Lipinski definition) is 4. The monoisotopic (exact) mass is 400 g/mol. The zero-order valence-electron chi connectivity index (χ0n) is 16.2. The number of anilines is 1. The maximum atomic E-state index is 12.6. The fourth-order valence-electron chi connectivity index (χ4n) is 2.93. The lowest BCUT2D eigenvalue weighted by atomic mass is 10.1. The number of amides is 1. The number of aromatic nitrogens is 1. The predicted molar refractivity (Wildman–Crippen MR) is 118 cm³/mol. The SMILES string of the molecule is Cc1ccc(C)c(C(=O)Nc2nc(-c3ccc(Oc4ccccc4)cc3)cs2)c1. The molecule has 5 heteroatoms. The Balaban J connectivity index is 1.46. The highest BCUT2D eigenvalue weighted by atomic mass is 32.1. The largest absolute Gasteiger partial charge is 0.457 e. The highest BCUT2D eigenvalue weighted by Gasteiger charge is 2.12. The number of rotatable bonds is 5. The van der Waals surface area contributed by atoms with Gasteiger partial charge in [-0.15, -0.1) is 11.3 Å². The van der Waals surface area contributed by atoms with Gasteiger partial charge in [-0.25, -0.2) is 4.98 Å². The van der Waals surface area contributed by atoms with E-state index in [0.29, 0.717) is 10.7 Å². The van der Waals surface area contributed by atoms with Gasteiger partial charge in [-0.3, -0.25) is 10.1 Å². The minimum atomic E-state index is -0.140. The number of ether oxygens (including phenoxy) is 1. The van der Waals surface area contributed by atoms with Crippen molar-refractivity contribution in [1.29, 1.82) is 0 Å². The van der Waals surface area contributed by atoms with Crippen LogP contribution >= 0.6 is 11.3 Å². The third-order valence-corrected chi connectivity index (χ3v) is 5.25. The molecule has 1 amide bonds. The van der Waals surface area contributed by atoms with Crippen LogP contribution < -0.4 is 10.1 Å². The van der Waals surface area contributed by atoms with Crippen LogP contribution in [0.3, 0.4) is 0 Å². The van der Waals surface area contributed by atoms with Crippen molar-refractivity contribution >= 4 is 22.4 Å². The van der Waals surface area contributed by atoms with E-state index in [9.17, 15) is 4.79 Å². The van der Waals surface area contributed by atoms with Gasteiger partial charge in [-0.1, -0.05) is 35.9 Å². The first-order chi connectivity index (χ1) is 14.1. The molecule has 0 aliphatic heterocycles. The number of carbonyl (C=O) groups excluding carboxylic acids is 1. The number of nitrogens with one attached hydrogen (secondary N) is 1. The van der Waals surface area contributed by atoms with Crippen LogP contribution in [0.2, 0.25) is 0 Å². The van der Waals surface area contributed by atoms with E-state index in [1.165, 1.54) is 11.3 Å². The molecule has 0 unspecified atom stereocenters. The average molecular weight is 401 g/mol.